The van der Waals surface area contributed by atoms with Crippen molar-refractivity contribution in [2.24, 2.45) is 0 Å². The van der Waals surface area contributed by atoms with Crippen LogP contribution in [0.1, 0.15) is 0 Å². The smallest absolute Gasteiger partial charge is 0.261 e. The van der Waals surface area contributed by atoms with Gasteiger partial charge in [0, 0.05) is 0 Å². The van der Waals surface area contributed by atoms with Crippen molar-refractivity contribution in [1.29, 1.82) is 0 Å². The number of aromatic hydroxyl groups is 1. The summed E-state index contributed by atoms with van der Waals surface area (Å²) in [6.45, 7) is 0. The molecule has 0 amide bonds. The van der Waals surface area contributed by atoms with Gasteiger partial charge < -0.3 is 10.8 Å². The molecule has 0 saturated carbocycles. The fourth-order valence-corrected chi connectivity index (χ4v) is 2.86. The molecule has 5 nitrogen and oxygen atoms in total. The maximum absolute atomic E-state index is 12.1. The first-order valence-electron chi connectivity index (χ1n) is 5.36. The summed E-state index contributed by atoms with van der Waals surface area (Å²) in [5.74, 6) is -0.182. The molecule has 0 heterocycles. The number of benzene rings is 2. The number of nitrogen functional groups attached to an aromatic ring is 1. The van der Waals surface area contributed by atoms with Crippen LogP contribution in [0.2, 0.25) is 10.0 Å². The first kappa shape index (κ1) is 14.8. The maximum Gasteiger partial charge on any atom is 0.261 e. The molecule has 0 aromatic heterocycles. The number of halogens is 2. The van der Waals surface area contributed by atoms with E-state index in [0.717, 1.165) is 6.07 Å². The van der Waals surface area contributed by atoms with E-state index < -0.39 is 10.0 Å². The molecule has 0 unspecified atom stereocenters. The van der Waals surface area contributed by atoms with Crippen molar-refractivity contribution in [3.05, 3.63) is 46.4 Å². The molecular formula is C12H10Cl2N2O3S. The van der Waals surface area contributed by atoms with Gasteiger partial charge in [-0.05, 0) is 36.4 Å². The molecule has 4 N–H and O–H groups in total. The highest BCUT2D eigenvalue weighted by atomic mass is 35.5. The molecule has 0 fully saturated rings. The number of rotatable bonds is 3. The molecule has 0 atom stereocenters. The number of anilines is 2. The summed E-state index contributed by atoms with van der Waals surface area (Å²) in [7, 11) is -3.83. The van der Waals surface area contributed by atoms with Gasteiger partial charge in [-0.25, -0.2) is 8.42 Å². The van der Waals surface area contributed by atoms with Crippen LogP contribution < -0.4 is 10.5 Å². The largest absolute Gasteiger partial charge is 0.506 e. The third-order valence-electron chi connectivity index (χ3n) is 2.48. The summed E-state index contributed by atoms with van der Waals surface area (Å²) >= 11 is 11.6. The van der Waals surface area contributed by atoms with Crippen molar-refractivity contribution >= 4 is 44.6 Å². The fraction of sp³-hybridized carbons (Fsp3) is 0. The number of sulfonamides is 1. The molecule has 0 radical (unpaired) electrons. The number of phenols is 1. The van der Waals surface area contributed by atoms with E-state index in [9.17, 15) is 13.5 Å². The van der Waals surface area contributed by atoms with E-state index >= 15 is 0 Å². The van der Waals surface area contributed by atoms with E-state index in [4.69, 9.17) is 28.9 Å². The van der Waals surface area contributed by atoms with Crippen molar-refractivity contribution < 1.29 is 13.5 Å². The lowest BCUT2D eigenvalue weighted by Gasteiger charge is -2.10. The summed E-state index contributed by atoms with van der Waals surface area (Å²) < 4.78 is 26.6. The van der Waals surface area contributed by atoms with E-state index in [2.05, 4.69) is 4.72 Å². The van der Waals surface area contributed by atoms with Gasteiger partial charge in [0.05, 0.1) is 26.3 Å². The predicted molar refractivity (Wildman–Crippen MR) is 79.8 cm³/mol. The van der Waals surface area contributed by atoms with Gasteiger partial charge in [-0.3, -0.25) is 4.72 Å². The average Bonchev–Trinajstić information content (AvgIpc) is 2.37. The Labute approximate surface area is 126 Å². The lowest BCUT2D eigenvalue weighted by atomic mass is 10.3. The lowest BCUT2D eigenvalue weighted by molar-refractivity contribution is 0.477. The fourth-order valence-electron chi connectivity index (χ4n) is 1.47. The van der Waals surface area contributed by atoms with Crippen molar-refractivity contribution in [2.45, 2.75) is 4.90 Å². The summed E-state index contributed by atoms with van der Waals surface area (Å²) in [5, 5.41) is 9.85. The normalized spacial score (nSPS) is 11.3. The topological polar surface area (TPSA) is 92.4 Å². The Hall–Kier alpha value is -1.63. The van der Waals surface area contributed by atoms with Crippen molar-refractivity contribution in [3.63, 3.8) is 0 Å². The van der Waals surface area contributed by atoms with E-state index in [1.807, 2.05) is 0 Å². The van der Waals surface area contributed by atoms with E-state index in [1.54, 1.807) is 0 Å². The summed E-state index contributed by atoms with van der Waals surface area (Å²) in [5.41, 5.74) is 5.72. The van der Waals surface area contributed by atoms with Crippen LogP contribution in [0.15, 0.2) is 41.3 Å². The zero-order valence-corrected chi connectivity index (χ0v) is 12.3. The summed E-state index contributed by atoms with van der Waals surface area (Å²) in [4.78, 5) is -0.0705. The van der Waals surface area contributed by atoms with Crippen LogP contribution in [0.25, 0.3) is 0 Å². The minimum Gasteiger partial charge on any atom is -0.506 e. The Morgan fingerprint density at radius 3 is 2.35 bits per heavy atom. The van der Waals surface area contributed by atoms with E-state index in [-0.39, 0.29) is 27.0 Å². The number of hydrogen-bond acceptors (Lipinski definition) is 4. The third kappa shape index (κ3) is 3.09. The molecule has 2 aromatic carbocycles. The lowest BCUT2D eigenvalue weighted by Crippen LogP contribution is -2.13. The number of nitrogens with one attached hydrogen (secondary N) is 1. The quantitative estimate of drug-likeness (QED) is 0.594. The second-order valence-corrected chi connectivity index (χ2v) is 6.45. The number of phenolic OH excluding ortho intramolecular Hbond substituents is 1. The van der Waals surface area contributed by atoms with Gasteiger partial charge in [0.2, 0.25) is 0 Å². The Morgan fingerprint density at radius 2 is 1.75 bits per heavy atom. The molecule has 0 spiro atoms. The second kappa shape index (κ2) is 5.40. The average molecular weight is 333 g/mol. The zero-order valence-electron chi connectivity index (χ0n) is 9.97. The molecule has 0 aliphatic heterocycles. The standard InChI is InChI=1S/C12H10Cl2N2O3S/c13-9-3-1-7(5-10(9)14)16-20(18,19)8-2-4-12(17)11(15)6-8/h1-6,16-17H,15H2. The van der Waals surface area contributed by atoms with E-state index in [1.165, 1.54) is 30.3 Å². The molecule has 2 rings (SSSR count). The molecule has 2 aromatic rings. The van der Waals surface area contributed by atoms with Crippen LogP contribution >= 0.6 is 23.2 Å². The van der Waals surface area contributed by atoms with Crippen molar-refractivity contribution in [1.82, 2.24) is 0 Å². The molecule has 0 bridgehead atoms. The molecule has 0 saturated heterocycles. The van der Waals surface area contributed by atoms with Gasteiger partial charge in [-0.1, -0.05) is 23.2 Å². The molecular weight excluding hydrogens is 323 g/mol. The molecule has 0 aliphatic carbocycles. The first-order chi connectivity index (χ1) is 9.29. The molecule has 20 heavy (non-hydrogen) atoms. The van der Waals surface area contributed by atoms with Crippen LogP contribution in [-0.2, 0) is 10.0 Å². The van der Waals surface area contributed by atoms with Gasteiger partial charge in [0.1, 0.15) is 5.75 Å². The van der Waals surface area contributed by atoms with Crippen LogP contribution in [0, 0.1) is 0 Å². The Bertz CT molecular complexity index is 763. The van der Waals surface area contributed by atoms with Crippen LogP contribution in [0.4, 0.5) is 11.4 Å². The van der Waals surface area contributed by atoms with Crippen molar-refractivity contribution in [3.8, 4) is 5.75 Å². The number of hydrogen-bond donors (Lipinski definition) is 3. The summed E-state index contributed by atoms with van der Waals surface area (Å²) in [6.07, 6.45) is 0. The second-order valence-electron chi connectivity index (χ2n) is 3.96. The highest BCUT2D eigenvalue weighted by Gasteiger charge is 2.16. The molecule has 8 heteroatoms. The minimum absolute atomic E-state index is 0.0259. The predicted octanol–water partition coefficient (Wildman–Crippen LogP) is 3.08. The highest BCUT2D eigenvalue weighted by molar-refractivity contribution is 7.92. The zero-order chi connectivity index (χ0) is 14.9. The number of nitrogens with two attached hydrogens (primary N) is 1. The molecule has 106 valence electrons. The van der Waals surface area contributed by atoms with Gasteiger partial charge in [-0.15, -0.1) is 0 Å². The van der Waals surface area contributed by atoms with Crippen LogP contribution in [0.3, 0.4) is 0 Å². The van der Waals surface area contributed by atoms with Gasteiger partial charge in [0.25, 0.3) is 10.0 Å². The van der Waals surface area contributed by atoms with Crippen LogP contribution in [0.5, 0.6) is 5.75 Å². The third-order valence-corrected chi connectivity index (χ3v) is 4.60. The van der Waals surface area contributed by atoms with Gasteiger partial charge in [0.15, 0.2) is 0 Å². The Kier molecular flexibility index (Phi) is 3.99. The maximum atomic E-state index is 12.1. The van der Waals surface area contributed by atoms with Crippen LogP contribution in [-0.4, -0.2) is 13.5 Å². The monoisotopic (exact) mass is 332 g/mol. The van der Waals surface area contributed by atoms with Gasteiger partial charge in [-0.2, -0.15) is 0 Å². The summed E-state index contributed by atoms with van der Waals surface area (Å²) in [6, 6.07) is 7.97. The Morgan fingerprint density at radius 1 is 1.05 bits per heavy atom. The minimum atomic E-state index is -3.83. The van der Waals surface area contributed by atoms with E-state index in [0.29, 0.717) is 5.02 Å². The first-order valence-corrected chi connectivity index (χ1v) is 7.60. The van der Waals surface area contributed by atoms with Crippen molar-refractivity contribution in [2.75, 3.05) is 10.5 Å². The van der Waals surface area contributed by atoms with Gasteiger partial charge >= 0.3 is 0 Å². The Balaban J connectivity index is 2.35. The highest BCUT2D eigenvalue weighted by Crippen LogP contribution is 2.28. The SMILES string of the molecule is Nc1cc(S(=O)(=O)Nc2ccc(Cl)c(Cl)c2)ccc1O. The molecule has 0 aliphatic rings.